The van der Waals surface area contributed by atoms with Gasteiger partial charge in [-0.2, -0.15) is 0 Å². The highest BCUT2D eigenvalue weighted by Gasteiger charge is 2.38. The van der Waals surface area contributed by atoms with Crippen molar-refractivity contribution in [2.45, 2.75) is 26.2 Å². The molecule has 1 aromatic carbocycles. The van der Waals surface area contributed by atoms with Gasteiger partial charge in [0, 0.05) is 62.4 Å². The van der Waals surface area contributed by atoms with E-state index in [4.69, 9.17) is 0 Å². The lowest BCUT2D eigenvalue weighted by Gasteiger charge is -2.36. The van der Waals surface area contributed by atoms with E-state index in [0.717, 1.165) is 53.9 Å². The first kappa shape index (κ1) is 23.1. The Morgan fingerprint density at radius 2 is 1.59 bits per heavy atom. The van der Waals surface area contributed by atoms with Crippen LogP contribution in [0.15, 0.2) is 40.9 Å². The third-order valence-electron chi connectivity index (χ3n) is 7.25. The highest BCUT2D eigenvalue weighted by Crippen LogP contribution is 2.29. The second kappa shape index (κ2) is 9.90. The maximum Gasteiger partial charge on any atom is 0.228 e. The summed E-state index contributed by atoms with van der Waals surface area (Å²) < 4.78 is 0.922. The van der Waals surface area contributed by atoms with Crippen LogP contribution in [0.2, 0.25) is 0 Å². The van der Waals surface area contributed by atoms with Crippen LogP contribution in [0.4, 0.5) is 17.3 Å². The van der Waals surface area contributed by atoms with Crippen LogP contribution in [-0.4, -0.2) is 72.7 Å². The molecule has 3 saturated heterocycles. The summed E-state index contributed by atoms with van der Waals surface area (Å²) in [5, 5.41) is 8.96. The van der Waals surface area contributed by atoms with E-state index in [2.05, 4.69) is 48.9 Å². The van der Waals surface area contributed by atoms with Crippen LogP contribution in [0.5, 0.6) is 0 Å². The molecule has 0 saturated carbocycles. The topological polar surface area (TPSA) is 72.9 Å². The molecule has 8 nitrogen and oxygen atoms in total. The third-order valence-corrected chi connectivity index (χ3v) is 7.75. The largest absolute Gasteiger partial charge is 0.355 e. The van der Waals surface area contributed by atoms with E-state index in [0.29, 0.717) is 19.6 Å². The first-order chi connectivity index (χ1) is 16.5. The molecule has 2 amide bonds. The monoisotopic (exact) mass is 526 g/mol. The second-order valence-corrected chi connectivity index (χ2v) is 10.5. The Hall–Kier alpha value is -2.68. The lowest BCUT2D eigenvalue weighted by atomic mass is 9.99. The molecule has 3 aliphatic heterocycles. The summed E-state index contributed by atoms with van der Waals surface area (Å²) >= 11 is 3.46. The van der Waals surface area contributed by atoms with Crippen LogP contribution in [0.25, 0.3) is 0 Å². The Kier molecular flexibility index (Phi) is 6.72. The number of piperazine rings is 1. The molecule has 0 N–H and O–H groups in total. The van der Waals surface area contributed by atoms with E-state index in [1.54, 1.807) is 4.90 Å². The predicted molar refractivity (Wildman–Crippen MR) is 136 cm³/mol. The van der Waals surface area contributed by atoms with Crippen LogP contribution in [-0.2, 0) is 9.59 Å². The fourth-order valence-corrected chi connectivity index (χ4v) is 5.46. The minimum Gasteiger partial charge on any atom is -0.355 e. The molecule has 1 aromatic heterocycles. The summed E-state index contributed by atoms with van der Waals surface area (Å²) in [5.74, 6) is 2.39. The Bertz CT molecular complexity index is 1030. The number of aromatic nitrogens is 2. The molecule has 9 heteroatoms. The minimum atomic E-state index is -0.288. The zero-order valence-corrected chi connectivity index (χ0v) is 21.2. The number of carbonyl (C=O) groups is 2. The Morgan fingerprint density at radius 1 is 0.941 bits per heavy atom. The number of halogens is 1. The van der Waals surface area contributed by atoms with Crippen molar-refractivity contribution in [2.24, 2.45) is 11.8 Å². The van der Waals surface area contributed by atoms with Crippen molar-refractivity contribution in [3.8, 4) is 0 Å². The van der Waals surface area contributed by atoms with Crippen molar-refractivity contribution in [3.05, 3.63) is 40.9 Å². The minimum absolute atomic E-state index is 0.00798. The Balaban J connectivity index is 1.15. The van der Waals surface area contributed by atoms with Crippen molar-refractivity contribution >= 4 is 45.1 Å². The predicted octanol–water partition coefficient (Wildman–Crippen LogP) is 3.18. The zero-order chi connectivity index (χ0) is 23.7. The van der Waals surface area contributed by atoms with Gasteiger partial charge < -0.3 is 19.6 Å². The van der Waals surface area contributed by atoms with E-state index >= 15 is 0 Å². The lowest BCUT2D eigenvalue weighted by Crippen LogP contribution is -2.51. The molecule has 2 aromatic rings. The number of benzene rings is 1. The summed E-state index contributed by atoms with van der Waals surface area (Å²) in [5.41, 5.74) is 0.834. The van der Waals surface area contributed by atoms with E-state index in [9.17, 15) is 9.59 Å². The van der Waals surface area contributed by atoms with Gasteiger partial charge in [-0.15, -0.1) is 10.2 Å². The SMILES string of the molecule is CC1CCN(c2ccc(N3CCN(C(=O)C4CC(=O)N(c5cccc(Br)c5)C4)CC3)nn2)CC1. The van der Waals surface area contributed by atoms with Gasteiger partial charge in [0.05, 0.1) is 5.92 Å². The number of piperidine rings is 1. The van der Waals surface area contributed by atoms with Crippen molar-refractivity contribution in [2.75, 3.05) is 60.5 Å². The average Bonchev–Trinajstić information content (AvgIpc) is 3.26. The van der Waals surface area contributed by atoms with Crippen molar-refractivity contribution in [3.63, 3.8) is 0 Å². The van der Waals surface area contributed by atoms with Crippen LogP contribution in [0.1, 0.15) is 26.2 Å². The molecule has 3 fully saturated rings. The van der Waals surface area contributed by atoms with Crippen molar-refractivity contribution < 1.29 is 9.59 Å². The summed E-state index contributed by atoms with van der Waals surface area (Å²) in [6.07, 6.45) is 2.67. The first-order valence-electron chi connectivity index (χ1n) is 12.2. The summed E-state index contributed by atoms with van der Waals surface area (Å²) in [6.45, 7) is 7.53. The van der Waals surface area contributed by atoms with Crippen LogP contribution >= 0.6 is 15.9 Å². The molecule has 0 spiro atoms. The fraction of sp³-hybridized carbons (Fsp3) is 0.520. The van der Waals surface area contributed by atoms with E-state index < -0.39 is 0 Å². The molecular weight excluding hydrogens is 496 g/mol. The molecular formula is C25H31BrN6O2. The fourth-order valence-electron chi connectivity index (χ4n) is 5.07. The number of anilines is 3. The summed E-state index contributed by atoms with van der Waals surface area (Å²) in [7, 11) is 0. The highest BCUT2D eigenvalue weighted by molar-refractivity contribution is 9.10. The quantitative estimate of drug-likeness (QED) is 0.609. The van der Waals surface area contributed by atoms with Gasteiger partial charge in [0.15, 0.2) is 11.6 Å². The molecule has 1 unspecified atom stereocenters. The van der Waals surface area contributed by atoms with Gasteiger partial charge in [-0.25, -0.2) is 0 Å². The highest BCUT2D eigenvalue weighted by atomic mass is 79.9. The molecule has 0 radical (unpaired) electrons. The van der Waals surface area contributed by atoms with E-state index in [1.165, 1.54) is 12.8 Å². The normalized spacial score (nSPS) is 21.9. The lowest BCUT2D eigenvalue weighted by molar-refractivity contribution is -0.136. The maximum absolute atomic E-state index is 13.2. The molecule has 180 valence electrons. The number of rotatable bonds is 4. The zero-order valence-electron chi connectivity index (χ0n) is 19.6. The molecule has 3 aliphatic rings. The molecule has 34 heavy (non-hydrogen) atoms. The number of nitrogens with zero attached hydrogens (tertiary/aromatic N) is 6. The van der Waals surface area contributed by atoms with Gasteiger partial charge >= 0.3 is 0 Å². The smallest absolute Gasteiger partial charge is 0.228 e. The van der Waals surface area contributed by atoms with Gasteiger partial charge in [-0.3, -0.25) is 9.59 Å². The molecule has 4 heterocycles. The number of hydrogen-bond donors (Lipinski definition) is 0. The Labute approximate surface area is 209 Å². The van der Waals surface area contributed by atoms with Crippen LogP contribution in [0, 0.1) is 11.8 Å². The van der Waals surface area contributed by atoms with Gasteiger partial charge in [0.2, 0.25) is 11.8 Å². The van der Waals surface area contributed by atoms with Crippen LogP contribution < -0.4 is 14.7 Å². The Morgan fingerprint density at radius 3 is 2.21 bits per heavy atom. The van der Waals surface area contributed by atoms with Gasteiger partial charge in [-0.1, -0.05) is 28.9 Å². The molecule has 1 atom stereocenters. The summed E-state index contributed by atoms with van der Waals surface area (Å²) in [6, 6.07) is 11.8. The van der Waals surface area contributed by atoms with Gasteiger partial charge in [-0.05, 0) is 49.1 Å². The number of carbonyl (C=O) groups excluding carboxylic acids is 2. The molecule has 0 aliphatic carbocycles. The van der Waals surface area contributed by atoms with E-state index in [1.807, 2.05) is 35.2 Å². The van der Waals surface area contributed by atoms with E-state index in [-0.39, 0.29) is 24.2 Å². The first-order valence-corrected chi connectivity index (χ1v) is 13.0. The van der Waals surface area contributed by atoms with Crippen molar-refractivity contribution in [1.29, 1.82) is 0 Å². The standard InChI is InChI=1S/C25H31BrN6O2/c1-18-7-9-29(10-8-18)22-5-6-23(28-27-22)30-11-13-31(14-12-30)25(34)19-15-24(33)32(17-19)21-4-2-3-20(26)16-21/h2-6,16,18-19H,7-15,17H2,1H3. The van der Waals surface area contributed by atoms with Gasteiger partial charge in [0.1, 0.15) is 0 Å². The molecule has 0 bridgehead atoms. The van der Waals surface area contributed by atoms with Crippen molar-refractivity contribution in [1.82, 2.24) is 15.1 Å². The second-order valence-electron chi connectivity index (χ2n) is 9.62. The average molecular weight is 527 g/mol. The maximum atomic E-state index is 13.2. The third kappa shape index (κ3) is 4.89. The molecule has 5 rings (SSSR count). The summed E-state index contributed by atoms with van der Waals surface area (Å²) in [4.78, 5) is 33.9. The van der Waals surface area contributed by atoms with Gasteiger partial charge in [0.25, 0.3) is 0 Å². The number of amides is 2. The van der Waals surface area contributed by atoms with Crippen LogP contribution in [0.3, 0.4) is 0 Å². The number of hydrogen-bond acceptors (Lipinski definition) is 6.